The molecule has 110 valence electrons. The topological polar surface area (TPSA) is 63.4 Å². The summed E-state index contributed by atoms with van der Waals surface area (Å²) in [5.74, 6) is -0.772. The largest absolute Gasteiger partial charge is 0.399 e. The quantitative estimate of drug-likeness (QED) is 0.867. The highest BCUT2D eigenvalue weighted by atomic mass is 32.2. The van der Waals surface area contributed by atoms with E-state index in [4.69, 9.17) is 5.73 Å². The fourth-order valence-corrected chi connectivity index (χ4v) is 3.41. The second kappa shape index (κ2) is 6.83. The maximum Gasteiger partial charge on any atom is 0.235 e. The van der Waals surface area contributed by atoms with Crippen molar-refractivity contribution in [1.82, 2.24) is 4.90 Å². The lowest BCUT2D eigenvalue weighted by atomic mass is 10.2. The lowest BCUT2D eigenvalue weighted by Crippen LogP contribution is -2.35. The van der Waals surface area contributed by atoms with Crippen LogP contribution in [0.4, 0.5) is 10.1 Å². The van der Waals surface area contributed by atoms with Crippen molar-refractivity contribution in [2.24, 2.45) is 0 Å². The Morgan fingerprint density at radius 1 is 1.20 bits per heavy atom. The summed E-state index contributed by atoms with van der Waals surface area (Å²) in [5, 5.41) is 0. The highest BCUT2D eigenvalue weighted by Crippen LogP contribution is 2.16. The zero-order valence-corrected chi connectivity index (χ0v) is 12.1. The number of amides is 1. The first-order chi connectivity index (χ1) is 9.56. The molecule has 1 heterocycles. The van der Waals surface area contributed by atoms with Gasteiger partial charge in [-0.15, -0.1) is 0 Å². The number of anilines is 1. The number of likely N-dealkylation sites (tertiary alicyclic amines) is 1. The number of halogens is 1. The molecule has 0 radical (unpaired) electrons. The summed E-state index contributed by atoms with van der Waals surface area (Å²) in [4.78, 5) is 14.1. The molecule has 0 saturated carbocycles. The highest BCUT2D eigenvalue weighted by molar-refractivity contribution is 7.85. The van der Waals surface area contributed by atoms with Gasteiger partial charge in [-0.05, 0) is 31.0 Å². The van der Waals surface area contributed by atoms with Gasteiger partial charge in [-0.1, -0.05) is 12.8 Å². The van der Waals surface area contributed by atoms with Gasteiger partial charge in [0.2, 0.25) is 5.91 Å². The Morgan fingerprint density at radius 3 is 2.45 bits per heavy atom. The lowest BCUT2D eigenvalue weighted by molar-refractivity contribution is -0.128. The van der Waals surface area contributed by atoms with Crippen molar-refractivity contribution in [3.05, 3.63) is 24.0 Å². The Morgan fingerprint density at radius 2 is 1.85 bits per heavy atom. The van der Waals surface area contributed by atoms with Crippen LogP contribution in [0, 0.1) is 5.82 Å². The molecule has 0 spiro atoms. The van der Waals surface area contributed by atoms with Crippen molar-refractivity contribution < 1.29 is 13.4 Å². The number of nitrogen functional groups attached to an aromatic ring is 1. The minimum Gasteiger partial charge on any atom is -0.399 e. The average molecular weight is 298 g/mol. The summed E-state index contributed by atoms with van der Waals surface area (Å²) in [6, 6.07) is 3.79. The van der Waals surface area contributed by atoms with E-state index in [2.05, 4.69) is 0 Å². The van der Waals surface area contributed by atoms with E-state index in [1.165, 1.54) is 12.1 Å². The standard InChI is InChI=1S/C14H19FN2O2S/c15-11-7-12(16)9-13(8-11)20(19)10-14(18)17-5-3-1-2-4-6-17/h7-9H,1-6,10,16H2. The first kappa shape index (κ1) is 15.0. The summed E-state index contributed by atoms with van der Waals surface area (Å²) in [7, 11) is -1.55. The number of rotatable bonds is 3. The van der Waals surface area contributed by atoms with Gasteiger partial charge in [0.05, 0.1) is 10.8 Å². The molecule has 1 aromatic carbocycles. The van der Waals surface area contributed by atoms with E-state index in [0.717, 1.165) is 44.8 Å². The fourth-order valence-electron chi connectivity index (χ4n) is 2.32. The zero-order valence-electron chi connectivity index (χ0n) is 11.3. The molecule has 2 N–H and O–H groups in total. The van der Waals surface area contributed by atoms with Crippen LogP contribution in [-0.2, 0) is 15.6 Å². The van der Waals surface area contributed by atoms with Crippen molar-refractivity contribution >= 4 is 22.4 Å². The third-order valence-electron chi connectivity index (χ3n) is 3.37. The van der Waals surface area contributed by atoms with Crippen molar-refractivity contribution in [1.29, 1.82) is 0 Å². The minimum atomic E-state index is -1.55. The van der Waals surface area contributed by atoms with Gasteiger partial charge in [0.1, 0.15) is 11.6 Å². The number of hydrogen-bond donors (Lipinski definition) is 1. The number of nitrogens with two attached hydrogens (primary N) is 1. The third-order valence-corrected chi connectivity index (χ3v) is 4.64. The molecule has 0 aromatic heterocycles. The summed E-state index contributed by atoms with van der Waals surface area (Å²) in [6.45, 7) is 1.45. The summed E-state index contributed by atoms with van der Waals surface area (Å²) in [6.07, 6.45) is 4.25. The number of carbonyl (C=O) groups excluding carboxylic acids is 1. The molecule has 1 unspecified atom stereocenters. The zero-order chi connectivity index (χ0) is 14.5. The van der Waals surface area contributed by atoms with E-state index in [1.54, 1.807) is 4.90 Å². The van der Waals surface area contributed by atoms with Crippen LogP contribution < -0.4 is 5.73 Å². The van der Waals surface area contributed by atoms with E-state index >= 15 is 0 Å². The van der Waals surface area contributed by atoms with Crippen LogP contribution in [0.25, 0.3) is 0 Å². The second-order valence-electron chi connectivity index (χ2n) is 5.01. The first-order valence-electron chi connectivity index (χ1n) is 6.78. The van der Waals surface area contributed by atoms with E-state index in [1.807, 2.05) is 0 Å². The molecule has 1 saturated heterocycles. The van der Waals surface area contributed by atoms with Gasteiger partial charge >= 0.3 is 0 Å². The number of nitrogens with zero attached hydrogens (tertiary/aromatic N) is 1. The van der Waals surface area contributed by atoms with Gasteiger partial charge in [0.15, 0.2) is 0 Å². The molecule has 1 aliphatic heterocycles. The minimum absolute atomic E-state index is 0.108. The molecular formula is C14H19FN2O2S. The second-order valence-corrected chi connectivity index (χ2v) is 6.46. The van der Waals surface area contributed by atoms with Crippen LogP contribution in [0.3, 0.4) is 0 Å². The molecule has 0 aliphatic carbocycles. The van der Waals surface area contributed by atoms with Crippen LogP contribution in [-0.4, -0.2) is 33.9 Å². The van der Waals surface area contributed by atoms with Crippen LogP contribution in [0.2, 0.25) is 0 Å². The molecule has 1 aromatic rings. The maximum atomic E-state index is 13.2. The third kappa shape index (κ3) is 4.03. The molecule has 20 heavy (non-hydrogen) atoms. The fraction of sp³-hybridized carbons (Fsp3) is 0.500. The normalized spacial score (nSPS) is 17.6. The van der Waals surface area contributed by atoms with Crippen molar-refractivity contribution in [3.8, 4) is 0 Å². The van der Waals surface area contributed by atoms with E-state index < -0.39 is 16.6 Å². The van der Waals surface area contributed by atoms with Crippen LogP contribution in [0.5, 0.6) is 0 Å². The van der Waals surface area contributed by atoms with E-state index in [0.29, 0.717) is 0 Å². The van der Waals surface area contributed by atoms with E-state index in [-0.39, 0.29) is 22.2 Å². The van der Waals surface area contributed by atoms with Crippen molar-refractivity contribution in [3.63, 3.8) is 0 Å². The smallest absolute Gasteiger partial charge is 0.235 e. The summed E-state index contributed by atoms with van der Waals surface area (Å²) < 4.78 is 25.4. The Labute approximate surface area is 120 Å². The van der Waals surface area contributed by atoms with Crippen molar-refractivity contribution in [2.45, 2.75) is 30.6 Å². The Balaban J connectivity index is 2.01. The molecule has 6 heteroatoms. The summed E-state index contributed by atoms with van der Waals surface area (Å²) in [5.41, 5.74) is 5.74. The molecule has 4 nitrogen and oxygen atoms in total. The monoisotopic (exact) mass is 298 g/mol. The van der Waals surface area contributed by atoms with Crippen LogP contribution in [0.15, 0.2) is 23.1 Å². The van der Waals surface area contributed by atoms with Gasteiger partial charge in [0, 0.05) is 23.7 Å². The average Bonchev–Trinajstić information content (AvgIpc) is 2.66. The molecule has 2 rings (SSSR count). The molecule has 1 amide bonds. The molecule has 1 fully saturated rings. The Bertz CT molecular complexity index is 494. The maximum absolute atomic E-state index is 13.2. The predicted molar refractivity (Wildman–Crippen MR) is 77.1 cm³/mol. The van der Waals surface area contributed by atoms with Gasteiger partial charge in [-0.3, -0.25) is 9.00 Å². The Hall–Kier alpha value is -1.43. The SMILES string of the molecule is Nc1cc(F)cc(S(=O)CC(=O)N2CCCCCC2)c1. The molecule has 1 atom stereocenters. The highest BCUT2D eigenvalue weighted by Gasteiger charge is 2.19. The Kier molecular flexibility index (Phi) is 5.11. The van der Waals surface area contributed by atoms with E-state index in [9.17, 15) is 13.4 Å². The van der Waals surface area contributed by atoms with Gasteiger partial charge in [-0.2, -0.15) is 0 Å². The first-order valence-corrected chi connectivity index (χ1v) is 8.10. The molecule has 0 bridgehead atoms. The van der Waals surface area contributed by atoms with Crippen LogP contribution in [0.1, 0.15) is 25.7 Å². The van der Waals surface area contributed by atoms with Crippen molar-refractivity contribution in [2.75, 3.05) is 24.6 Å². The molecular weight excluding hydrogens is 279 g/mol. The number of benzene rings is 1. The summed E-state index contributed by atoms with van der Waals surface area (Å²) >= 11 is 0. The predicted octanol–water partition coefficient (Wildman–Crippen LogP) is 1.92. The molecule has 1 aliphatic rings. The van der Waals surface area contributed by atoms with Gasteiger partial charge in [0.25, 0.3) is 0 Å². The lowest BCUT2D eigenvalue weighted by Gasteiger charge is -2.19. The van der Waals surface area contributed by atoms with Gasteiger partial charge < -0.3 is 10.6 Å². The number of carbonyl (C=O) groups is 1. The van der Waals surface area contributed by atoms with Crippen LogP contribution >= 0.6 is 0 Å². The van der Waals surface area contributed by atoms with Gasteiger partial charge in [-0.25, -0.2) is 4.39 Å². The number of hydrogen-bond acceptors (Lipinski definition) is 3.